The van der Waals surface area contributed by atoms with Gasteiger partial charge >= 0.3 is 14.1 Å². The Labute approximate surface area is 156 Å². The molecule has 0 nitrogen and oxygen atoms in total. The largest absolute Gasteiger partial charge is 0.411 e. The maximum Gasteiger partial charge on any atom is 0.411 e. The van der Waals surface area contributed by atoms with E-state index in [0.717, 1.165) is 0 Å². The lowest BCUT2D eigenvalue weighted by Gasteiger charge is -2.18. The van der Waals surface area contributed by atoms with Gasteiger partial charge in [0.1, 0.15) is 52.4 Å². The molecule has 0 aliphatic heterocycles. The highest BCUT2D eigenvalue weighted by Gasteiger charge is 2.40. The standard InChI is InChI=1S/3C6H2F3.Al/c3*7-4-1-5(8)3-6(9)2-4;/h3*1-2H;. The first-order valence-corrected chi connectivity index (χ1v) is 9.26. The Morgan fingerprint density at radius 3 is 0.714 bits per heavy atom. The van der Waals surface area contributed by atoms with Gasteiger partial charge in [0.05, 0.1) is 0 Å². The van der Waals surface area contributed by atoms with Crippen molar-refractivity contribution in [2.45, 2.75) is 0 Å². The molecule has 0 amide bonds. The Hall–Kier alpha value is -2.44. The maximum absolute atomic E-state index is 14.3. The van der Waals surface area contributed by atoms with E-state index in [4.69, 9.17) is 0 Å². The molecule has 0 unspecified atom stereocenters. The Morgan fingerprint density at radius 1 is 0.357 bits per heavy atom. The van der Waals surface area contributed by atoms with Crippen LogP contribution in [0.25, 0.3) is 0 Å². The minimum absolute atomic E-state index is 0.164. The van der Waals surface area contributed by atoms with Crippen LogP contribution in [0, 0.1) is 52.4 Å². The van der Waals surface area contributed by atoms with Gasteiger partial charge in [0.2, 0.25) is 0 Å². The molecular weight excluding hydrogens is 414 g/mol. The summed E-state index contributed by atoms with van der Waals surface area (Å²) in [6.07, 6.45) is 0. The second-order valence-electron chi connectivity index (χ2n) is 5.78. The predicted octanol–water partition coefficient (Wildman–Crippen LogP) is 3.45. The minimum atomic E-state index is -4.36. The van der Waals surface area contributed by atoms with Gasteiger partial charge in [-0.25, -0.2) is 39.5 Å². The summed E-state index contributed by atoms with van der Waals surface area (Å²) in [6, 6.07) is 0.983. The van der Waals surface area contributed by atoms with Crippen LogP contribution >= 0.6 is 0 Å². The lowest BCUT2D eigenvalue weighted by Crippen LogP contribution is -2.59. The van der Waals surface area contributed by atoms with Gasteiger partial charge in [-0.05, 0) is 13.3 Å². The monoisotopic (exact) mass is 420 g/mol. The smallest absolute Gasteiger partial charge is 0.208 e. The zero-order valence-electron chi connectivity index (χ0n) is 13.4. The fourth-order valence-corrected chi connectivity index (χ4v) is 5.94. The van der Waals surface area contributed by atoms with Gasteiger partial charge in [0.15, 0.2) is 0 Å². The van der Waals surface area contributed by atoms with Gasteiger partial charge in [0.25, 0.3) is 0 Å². The zero-order valence-corrected chi connectivity index (χ0v) is 14.6. The fraction of sp³-hybridized carbons (Fsp3) is 0. The first-order valence-electron chi connectivity index (χ1n) is 7.53. The molecule has 3 rings (SSSR count). The van der Waals surface area contributed by atoms with E-state index in [1.165, 1.54) is 0 Å². The van der Waals surface area contributed by atoms with E-state index in [-0.39, 0.29) is 36.4 Å². The van der Waals surface area contributed by atoms with Gasteiger partial charge in [0, 0.05) is 36.4 Å². The van der Waals surface area contributed by atoms with Crippen molar-refractivity contribution in [1.29, 1.82) is 0 Å². The van der Waals surface area contributed by atoms with E-state index < -0.39 is 79.8 Å². The molecule has 0 fully saturated rings. The van der Waals surface area contributed by atoms with Crippen LogP contribution in [-0.2, 0) is 0 Å². The molecule has 0 bridgehead atoms. The van der Waals surface area contributed by atoms with Crippen LogP contribution in [0.1, 0.15) is 0 Å². The normalized spacial score (nSPS) is 11.0. The molecule has 0 heterocycles. The third kappa shape index (κ3) is 3.62. The van der Waals surface area contributed by atoms with Crippen LogP contribution in [0.15, 0.2) is 36.4 Å². The van der Waals surface area contributed by atoms with Crippen molar-refractivity contribution in [2.75, 3.05) is 0 Å². The fourth-order valence-electron chi connectivity index (χ4n) is 2.92. The summed E-state index contributed by atoms with van der Waals surface area (Å²) in [6.45, 7) is 0. The van der Waals surface area contributed by atoms with Gasteiger partial charge < -0.3 is 0 Å². The SMILES string of the molecule is Fc1cc(F)[c]([Al]([c]2c(F)cc(F)cc2F)[c]2c(F)cc(F)cc2F)c(F)c1. The van der Waals surface area contributed by atoms with E-state index in [9.17, 15) is 39.5 Å². The Morgan fingerprint density at radius 2 is 0.536 bits per heavy atom. The summed E-state index contributed by atoms with van der Waals surface area (Å²) in [4.78, 5) is 0. The minimum Gasteiger partial charge on any atom is -0.208 e. The molecule has 10 heteroatoms. The molecule has 0 radical (unpaired) electrons. The van der Waals surface area contributed by atoms with Crippen LogP contribution in [0.4, 0.5) is 39.5 Å². The third-order valence-corrected chi connectivity index (χ3v) is 7.38. The van der Waals surface area contributed by atoms with Crippen LogP contribution < -0.4 is 13.3 Å². The van der Waals surface area contributed by atoms with Crippen molar-refractivity contribution in [3.63, 3.8) is 0 Å². The van der Waals surface area contributed by atoms with Crippen LogP contribution in [0.2, 0.25) is 0 Å². The average Bonchev–Trinajstić information content (AvgIpc) is 2.51. The van der Waals surface area contributed by atoms with Crippen molar-refractivity contribution in [2.24, 2.45) is 0 Å². The van der Waals surface area contributed by atoms with Crippen molar-refractivity contribution in [3.8, 4) is 0 Å². The lowest BCUT2D eigenvalue weighted by atomic mass is 10.3. The molecule has 0 aliphatic carbocycles. The molecule has 3 aromatic carbocycles. The van der Waals surface area contributed by atoms with Crippen molar-refractivity contribution >= 4 is 27.4 Å². The Bertz CT molecular complexity index is 875. The topological polar surface area (TPSA) is 0 Å². The van der Waals surface area contributed by atoms with Gasteiger partial charge in [-0.2, -0.15) is 0 Å². The number of benzene rings is 3. The number of hydrogen-bond donors (Lipinski definition) is 0. The molecule has 0 saturated carbocycles. The highest BCUT2D eigenvalue weighted by atomic mass is 27.2. The Kier molecular flexibility index (Phi) is 5.46. The van der Waals surface area contributed by atoms with E-state index in [1.54, 1.807) is 0 Å². The van der Waals surface area contributed by atoms with E-state index in [0.29, 0.717) is 0 Å². The average molecular weight is 420 g/mol. The molecule has 0 spiro atoms. The number of rotatable bonds is 3. The molecule has 144 valence electrons. The highest BCUT2D eigenvalue weighted by Crippen LogP contribution is 2.14. The van der Waals surface area contributed by atoms with E-state index >= 15 is 0 Å². The van der Waals surface area contributed by atoms with Gasteiger partial charge in [-0.3, -0.25) is 0 Å². The highest BCUT2D eigenvalue weighted by molar-refractivity contribution is 6.95. The Balaban J connectivity index is 2.45. The molecule has 3 aromatic rings. The maximum atomic E-state index is 14.3. The molecule has 0 saturated heterocycles. The van der Waals surface area contributed by atoms with Crippen LogP contribution in [-0.4, -0.2) is 14.1 Å². The zero-order chi connectivity index (χ0) is 20.7. The van der Waals surface area contributed by atoms with Crippen molar-refractivity contribution in [3.05, 3.63) is 88.8 Å². The molecule has 0 aromatic heterocycles. The lowest BCUT2D eigenvalue weighted by molar-refractivity contribution is 0.548. The first kappa shape index (κ1) is 20.3. The molecule has 28 heavy (non-hydrogen) atoms. The van der Waals surface area contributed by atoms with E-state index in [1.807, 2.05) is 0 Å². The molecular formula is C18H6AlF9. The van der Waals surface area contributed by atoms with Crippen LogP contribution in [0.3, 0.4) is 0 Å². The summed E-state index contributed by atoms with van der Waals surface area (Å²) in [5, 5.41) is 0. The summed E-state index contributed by atoms with van der Waals surface area (Å²) < 4.78 is 122. The summed E-state index contributed by atoms with van der Waals surface area (Å²) in [5.74, 6) is -14.1. The second kappa shape index (κ2) is 7.53. The summed E-state index contributed by atoms with van der Waals surface area (Å²) >= 11 is -4.36. The van der Waals surface area contributed by atoms with Crippen molar-refractivity contribution < 1.29 is 39.5 Å². The number of halogens is 9. The third-order valence-electron chi connectivity index (χ3n) is 4.00. The van der Waals surface area contributed by atoms with Gasteiger partial charge in [-0.1, -0.05) is 0 Å². The predicted molar refractivity (Wildman–Crippen MR) is 83.6 cm³/mol. The molecule has 0 atom stereocenters. The molecule has 0 aliphatic rings. The summed E-state index contributed by atoms with van der Waals surface area (Å²) in [5.41, 5.74) is 0. The quantitative estimate of drug-likeness (QED) is 0.450. The van der Waals surface area contributed by atoms with Crippen molar-refractivity contribution in [1.82, 2.24) is 0 Å². The van der Waals surface area contributed by atoms with E-state index in [2.05, 4.69) is 0 Å². The van der Waals surface area contributed by atoms with Gasteiger partial charge in [-0.15, -0.1) is 0 Å². The first-order chi connectivity index (χ1) is 13.1. The van der Waals surface area contributed by atoms with Crippen LogP contribution in [0.5, 0.6) is 0 Å². The summed E-state index contributed by atoms with van der Waals surface area (Å²) in [7, 11) is 0. The second-order valence-corrected chi connectivity index (χ2v) is 8.38. The molecule has 0 N–H and O–H groups in total. The number of hydrogen-bond acceptors (Lipinski definition) is 0.